The van der Waals surface area contributed by atoms with Crippen LogP contribution in [-0.2, 0) is 4.79 Å². The minimum absolute atomic E-state index is 0.435. The molecule has 1 aromatic heterocycles. The zero-order chi connectivity index (χ0) is 13.4. The van der Waals surface area contributed by atoms with Crippen molar-refractivity contribution < 1.29 is 14.3 Å². The molecule has 2 aromatic carbocycles. The summed E-state index contributed by atoms with van der Waals surface area (Å²) in [4.78, 5) is 11.4. The number of anilines is 1. The van der Waals surface area contributed by atoms with E-state index in [-0.39, 0.29) is 0 Å². The number of benzene rings is 2. The molecule has 0 fully saturated rings. The Morgan fingerprint density at radius 1 is 1.16 bits per heavy atom. The number of carbonyl (C=O) groups is 1. The summed E-state index contributed by atoms with van der Waals surface area (Å²) < 4.78 is 5.72. The van der Waals surface area contributed by atoms with Crippen LogP contribution in [0.3, 0.4) is 0 Å². The molecule has 0 aliphatic rings. The second-order valence-electron chi connectivity index (χ2n) is 4.47. The van der Waals surface area contributed by atoms with Crippen LogP contribution in [0.1, 0.15) is 6.92 Å². The highest BCUT2D eigenvalue weighted by Crippen LogP contribution is 2.30. The summed E-state index contributed by atoms with van der Waals surface area (Å²) in [5.74, 6) is -0.435. The van der Waals surface area contributed by atoms with E-state index in [1.807, 2.05) is 30.3 Å². The number of fused-ring (bicyclic) bond motifs is 3. The molecular formula is C15H13NO3. The van der Waals surface area contributed by atoms with Crippen LogP contribution in [0.25, 0.3) is 21.9 Å². The Labute approximate surface area is 109 Å². The molecule has 0 bridgehead atoms. The standard InChI is InChI=1S/C15H13NO3/c1-9(17)15(18)16-10-6-7-12-11-4-2-3-5-13(11)19-14(12)8-10/h2-9,17H,1H3,(H,16,18). The van der Waals surface area contributed by atoms with Gasteiger partial charge in [0, 0.05) is 22.5 Å². The zero-order valence-corrected chi connectivity index (χ0v) is 10.4. The molecule has 0 saturated carbocycles. The summed E-state index contributed by atoms with van der Waals surface area (Å²) in [6, 6.07) is 13.2. The Bertz CT molecular complexity index is 758. The van der Waals surface area contributed by atoms with E-state index in [0.717, 1.165) is 16.4 Å². The number of para-hydroxylation sites is 1. The van der Waals surface area contributed by atoms with Crippen LogP contribution in [0.15, 0.2) is 46.9 Å². The van der Waals surface area contributed by atoms with E-state index in [2.05, 4.69) is 5.32 Å². The third-order valence-electron chi connectivity index (χ3n) is 3.03. The van der Waals surface area contributed by atoms with Gasteiger partial charge in [0.1, 0.15) is 17.3 Å². The SMILES string of the molecule is CC(O)C(=O)Nc1ccc2c(c1)oc1ccccc12. The summed E-state index contributed by atoms with van der Waals surface area (Å²) in [5.41, 5.74) is 2.14. The summed E-state index contributed by atoms with van der Waals surface area (Å²) in [7, 11) is 0. The number of furan rings is 1. The van der Waals surface area contributed by atoms with E-state index in [1.165, 1.54) is 6.92 Å². The lowest BCUT2D eigenvalue weighted by molar-refractivity contribution is -0.123. The lowest BCUT2D eigenvalue weighted by Crippen LogP contribution is -2.24. The first-order valence-corrected chi connectivity index (χ1v) is 6.05. The summed E-state index contributed by atoms with van der Waals surface area (Å²) in [6.07, 6.45) is -1.04. The molecule has 2 N–H and O–H groups in total. The molecule has 3 rings (SSSR count). The molecule has 0 aliphatic carbocycles. The van der Waals surface area contributed by atoms with Crippen molar-refractivity contribution in [2.45, 2.75) is 13.0 Å². The van der Waals surface area contributed by atoms with Gasteiger partial charge < -0.3 is 14.8 Å². The van der Waals surface area contributed by atoms with Gasteiger partial charge in [-0.3, -0.25) is 4.79 Å². The summed E-state index contributed by atoms with van der Waals surface area (Å²) >= 11 is 0. The molecule has 4 heteroatoms. The third kappa shape index (κ3) is 2.06. The van der Waals surface area contributed by atoms with Crippen LogP contribution in [0.5, 0.6) is 0 Å². The third-order valence-corrected chi connectivity index (χ3v) is 3.03. The Balaban J connectivity index is 2.06. The molecule has 0 saturated heterocycles. The lowest BCUT2D eigenvalue weighted by Gasteiger charge is -2.06. The Morgan fingerprint density at radius 3 is 2.68 bits per heavy atom. The van der Waals surface area contributed by atoms with Crippen LogP contribution in [0, 0.1) is 0 Å². The van der Waals surface area contributed by atoms with E-state index >= 15 is 0 Å². The van der Waals surface area contributed by atoms with E-state index in [9.17, 15) is 9.90 Å². The second-order valence-corrected chi connectivity index (χ2v) is 4.47. The van der Waals surface area contributed by atoms with Crippen LogP contribution < -0.4 is 5.32 Å². The zero-order valence-electron chi connectivity index (χ0n) is 10.4. The van der Waals surface area contributed by atoms with Crippen molar-refractivity contribution in [1.82, 2.24) is 0 Å². The summed E-state index contributed by atoms with van der Waals surface area (Å²) in [6.45, 7) is 1.43. The maximum Gasteiger partial charge on any atom is 0.252 e. The van der Waals surface area contributed by atoms with Crippen molar-refractivity contribution in [3.63, 3.8) is 0 Å². The van der Waals surface area contributed by atoms with Crippen LogP contribution in [0.4, 0.5) is 5.69 Å². The van der Waals surface area contributed by atoms with E-state index in [1.54, 1.807) is 12.1 Å². The van der Waals surface area contributed by atoms with Gasteiger partial charge in [0.05, 0.1) is 0 Å². The average Bonchev–Trinajstić information content (AvgIpc) is 2.76. The van der Waals surface area contributed by atoms with Crippen molar-refractivity contribution in [1.29, 1.82) is 0 Å². The number of hydrogen-bond donors (Lipinski definition) is 2. The van der Waals surface area contributed by atoms with Crippen molar-refractivity contribution >= 4 is 33.5 Å². The number of rotatable bonds is 2. The van der Waals surface area contributed by atoms with E-state index < -0.39 is 12.0 Å². The first-order valence-electron chi connectivity index (χ1n) is 6.05. The Kier molecular flexibility index (Phi) is 2.72. The molecule has 96 valence electrons. The molecule has 0 radical (unpaired) electrons. The van der Waals surface area contributed by atoms with Crippen molar-refractivity contribution in [2.24, 2.45) is 0 Å². The predicted octanol–water partition coefficient (Wildman–Crippen LogP) is 2.91. The maximum absolute atomic E-state index is 11.4. The number of nitrogens with one attached hydrogen (secondary N) is 1. The fourth-order valence-corrected chi connectivity index (χ4v) is 2.05. The quantitative estimate of drug-likeness (QED) is 0.740. The molecule has 0 spiro atoms. The fourth-order valence-electron chi connectivity index (χ4n) is 2.05. The number of amides is 1. The largest absolute Gasteiger partial charge is 0.456 e. The molecule has 3 aromatic rings. The molecule has 1 unspecified atom stereocenters. The number of aliphatic hydroxyl groups is 1. The molecule has 1 atom stereocenters. The van der Waals surface area contributed by atoms with Gasteiger partial charge in [-0.2, -0.15) is 0 Å². The smallest absolute Gasteiger partial charge is 0.252 e. The van der Waals surface area contributed by atoms with Gasteiger partial charge in [-0.25, -0.2) is 0 Å². The fraction of sp³-hybridized carbons (Fsp3) is 0.133. The van der Waals surface area contributed by atoms with Crippen molar-refractivity contribution in [3.05, 3.63) is 42.5 Å². The highest BCUT2D eigenvalue weighted by Gasteiger charge is 2.11. The molecule has 1 amide bonds. The molecule has 1 heterocycles. The van der Waals surface area contributed by atoms with Gasteiger partial charge in [0.15, 0.2) is 0 Å². The van der Waals surface area contributed by atoms with Gasteiger partial charge in [0.2, 0.25) is 0 Å². The van der Waals surface area contributed by atoms with Gasteiger partial charge in [-0.1, -0.05) is 18.2 Å². The highest BCUT2D eigenvalue weighted by molar-refractivity contribution is 6.06. The summed E-state index contributed by atoms with van der Waals surface area (Å²) in [5, 5.41) is 13.9. The van der Waals surface area contributed by atoms with Crippen LogP contribution in [0.2, 0.25) is 0 Å². The molecule has 19 heavy (non-hydrogen) atoms. The molecule has 4 nitrogen and oxygen atoms in total. The molecular weight excluding hydrogens is 242 g/mol. The topological polar surface area (TPSA) is 62.5 Å². The maximum atomic E-state index is 11.4. The van der Waals surface area contributed by atoms with Gasteiger partial charge >= 0.3 is 0 Å². The van der Waals surface area contributed by atoms with E-state index in [0.29, 0.717) is 11.3 Å². The second kappa shape index (κ2) is 4.40. The Hall–Kier alpha value is -2.33. The average molecular weight is 255 g/mol. The van der Waals surface area contributed by atoms with Crippen molar-refractivity contribution in [2.75, 3.05) is 5.32 Å². The Morgan fingerprint density at radius 2 is 1.89 bits per heavy atom. The van der Waals surface area contributed by atoms with Crippen LogP contribution in [-0.4, -0.2) is 17.1 Å². The first-order chi connectivity index (χ1) is 9.15. The monoisotopic (exact) mass is 255 g/mol. The number of hydrogen-bond acceptors (Lipinski definition) is 3. The normalized spacial score (nSPS) is 12.7. The lowest BCUT2D eigenvalue weighted by atomic mass is 10.1. The molecule has 0 aliphatic heterocycles. The van der Waals surface area contributed by atoms with Gasteiger partial charge in [-0.15, -0.1) is 0 Å². The van der Waals surface area contributed by atoms with Crippen molar-refractivity contribution in [3.8, 4) is 0 Å². The first kappa shape index (κ1) is 11.7. The highest BCUT2D eigenvalue weighted by atomic mass is 16.3. The van der Waals surface area contributed by atoms with Gasteiger partial charge in [0.25, 0.3) is 5.91 Å². The van der Waals surface area contributed by atoms with E-state index in [4.69, 9.17) is 4.42 Å². The number of aliphatic hydroxyl groups excluding tert-OH is 1. The minimum Gasteiger partial charge on any atom is -0.456 e. The van der Waals surface area contributed by atoms with Crippen LogP contribution >= 0.6 is 0 Å². The number of carbonyl (C=O) groups excluding carboxylic acids is 1. The van der Waals surface area contributed by atoms with Gasteiger partial charge in [-0.05, 0) is 25.1 Å². The minimum atomic E-state index is -1.04. The predicted molar refractivity (Wildman–Crippen MR) is 74.0 cm³/mol.